The number of nitrogens with one attached hydrogen (secondary N) is 2. The van der Waals surface area contributed by atoms with Gasteiger partial charge >= 0.3 is 0 Å². The monoisotopic (exact) mass is 400 g/mol. The quantitative estimate of drug-likeness (QED) is 0.542. The van der Waals surface area contributed by atoms with Crippen LogP contribution in [0.1, 0.15) is 5.69 Å². The molecule has 9 heteroatoms. The fourth-order valence-electron chi connectivity index (χ4n) is 2.86. The van der Waals surface area contributed by atoms with Crippen LogP contribution in [0.2, 0.25) is 0 Å². The lowest BCUT2D eigenvalue weighted by Crippen LogP contribution is -2.13. The molecule has 4 rings (SSSR count). The van der Waals surface area contributed by atoms with Crippen molar-refractivity contribution in [2.45, 2.75) is 11.8 Å². The molecule has 0 atom stereocenters. The molecule has 6 nitrogen and oxygen atoms in total. The van der Waals surface area contributed by atoms with Crippen LogP contribution in [-0.2, 0) is 10.0 Å². The highest BCUT2D eigenvalue weighted by atomic mass is 32.2. The van der Waals surface area contributed by atoms with Crippen LogP contribution in [0.3, 0.4) is 0 Å². The van der Waals surface area contributed by atoms with Gasteiger partial charge in [-0.1, -0.05) is 12.1 Å². The molecule has 0 spiro atoms. The van der Waals surface area contributed by atoms with E-state index < -0.39 is 21.7 Å². The molecule has 2 heterocycles. The van der Waals surface area contributed by atoms with E-state index in [-0.39, 0.29) is 10.6 Å². The number of hydrogen-bond donors (Lipinski definition) is 2. The Hall–Kier alpha value is -3.33. The average molecular weight is 400 g/mol. The number of anilines is 1. The van der Waals surface area contributed by atoms with Crippen LogP contribution in [-0.4, -0.2) is 23.4 Å². The van der Waals surface area contributed by atoms with Crippen molar-refractivity contribution in [2.24, 2.45) is 0 Å². The lowest BCUT2D eigenvalue weighted by atomic mass is 10.1. The number of rotatable bonds is 4. The molecule has 0 aliphatic heterocycles. The van der Waals surface area contributed by atoms with Crippen molar-refractivity contribution in [3.8, 4) is 11.3 Å². The van der Waals surface area contributed by atoms with Crippen LogP contribution < -0.4 is 4.72 Å². The minimum atomic E-state index is -4.05. The van der Waals surface area contributed by atoms with Gasteiger partial charge in [0.1, 0.15) is 12.0 Å². The summed E-state index contributed by atoms with van der Waals surface area (Å²) < 4.78 is 53.5. The molecule has 0 radical (unpaired) electrons. The largest absolute Gasteiger partial charge is 0.343 e. The average Bonchev–Trinajstić information content (AvgIpc) is 3.04. The molecule has 2 N–H and O–H groups in total. The van der Waals surface area contributed by atoms with Crippen molar-refractivity contribution in [3.63, 3.8) is 0 Å². The molecule has 2 aromatic heterocycles. The molecule has 0 amide bonds. The molecule has 0 aliphatic rings. The van der Waals surface area contributed by atoms with Crippen LogP contribution in [0.4, 0.5) is 14.5 Å². The first-order valence-corrected chi connectivity index (χ1v) is 9.70. The molecule has 2 aromatic carbocycles. The zero-order valence-electron chi connectivity index (χ0n) is 14.6. The van der Waals surface area contributed by atoms with E-state index in [0.717, 1.165) is 28.8 Å². The fraction of sp³-hybridized carbons (Fsp3) is 0.0526. The van der Waals surface area contributed by atoms with Crippen LogP contribution >= 0.6 is 0 Å². The number of hydrogen-bond acceptors (Lipinski definition) is 4. The summed E-state index contributed by atoms with van der Waals surface area (Å²) in [5, 5.41) is 0.857. The van der Waals surface area contributed by atoms with Crippen LogP contribution in [0.5, 0.6) is 0 Å². The Morgan fingerprint density at radius 3 is 2.43 bits per heavy atom. The molecular formula is C19H14F2N4O2S. The third-order valence-electron chi connectivity index (χ3n) is 4.17. The highest BCUT2D eigenvalue weighted by Gasteiger charge is 2.17. The van der Waals surface area contributed by atoms with Gasteiger partial charge in [-0.2, -0.15) is 0 Å². The van der Waals surface area contributed by atoms with Crippen molar-refractivity contribution in [3.05, 3.63) is 72.2 Å². The number of sulfonamides is 1. The van der Waals surface area contributed by atoms with Crippen molar-refractivity contribution in [1.82, 2.24) is 15.0 Å². The number of H-pyrrole nitrogens is 1. The molecule has 0 bridgehead atoms. The topological polar surface area (TPSA) is 87.7 Å². The third-order valence-corrected chi connectivity index (χ3v) is 5.55. The van der Waals surface area contributed by atoms with E-state index in [1.54, 1.807) is 24.3 Å². The zero-order chi connectivity index (χ0) is 19.9. The molecule has 142 valence electrons. The second-order valence-corrected chi connectivity index (χ2v) is 7.88. The predicted octanol–water partition coefficient (Wildman–Crippen LogP) is 4.01. The van der Waals surface area contributed by atoms with Crippen molar-refractivity contribution in [1.29, 1.82) is 0 Å². The van der Waals surface area contributed by atoms with Crippen LogP contribution in [0.25, 0.3) is 22.3 Å². The highest BCUT2D eigenvalue weighted by Crippen LogP contribution is 2.27. The Morgan fingerprint density at radius 1 is 0.964 bits per heavy atom. The molecule has 0 unspecified atom stereocenters. The second kappa shape index (κ2) is 6.68. The number of aryl methyl sites for hydroxylation is 1. The molecule has 0 saturated carbocycles. The lowest BCUT2D eigenvalue weighted by Gasteiger charge is -2.09. The summed E-state index contributed by atoms with van der Waals surface area (Å²) in [5.41, 5.74) is 3.44. The van der Waals surface area contributed by atoms with Gasteiger partial charge in [0, 0.05) is 22.3 Å². The van der Waals surface area contributed by atoms with Crippen molar-refractivity contribution in [2.75, 3.05) is 4.72 Å². The Bertz CT molecular complexity index is 1290. The van der Waals surface area contributed by atoms with E-state index >= 15 is 0 Å². The standard InChI is InChI=1S/C19H14F2N4O2S/c1-11-8-15-18(22-10-23-19(15)24-11)12-2-4-13(5-3-12)25-28(26,27)14-6-7-16(20)17(21)9-14/h2-10,25H,1H3,(H,22,23,24). The molecule has 4 aromatic rings. The van der Waals surface area contributed by atoms with Crippen molar-refractivity contribution >= 4 is 26.7 Å². The summed E-state index contributed by atoms with van der Waals surface area (Å²) in [6.45, 7) is 1.92. The molecule has 0 fully saturated rings. The summed E-state index contributed by atoms with van der Waals surface area (Å²) in [6.07, 6.45) is 1.45. The first-order chi connectivity index (χ1) is 13.3. The van der Waals surface area contributed by atoms with E-state index in [1.807, 2.05) is 13.0 Å². The van der Waals surface area contributed by atoms with E-state index in [4.69, 9.17) is 0 Å². The van der Waals surface area contributed by atoms with Gasteiger partial charge < -0.3 is 4.98 Å². The Balaban J connectivity index is 1.63. The van der Waals surface area contributed by atoms with Gasteiger partial charge in [-0.15, -0.1) is 0 Å². The van der Waals surface area contributed by atoms with Crippen LogP contribution in [0, 0.1) is 18.6 Å². The van der Waals surface area contributed by atoms with Crippen molar-refractivity contribution < 1.29 is 17.2 Å². The maximum Gasteiger partial charge on any atom is 0.261 e. The van der Waals surface area contributed by atoms with E-state index in [2.05, 4.69) is 19.7 Å². The normalized spacial score (nSPS) is 11.7. The summed E-state index contributed by atoms with van der Waals surface area (Å²) in [5.74, 6) is -2.34. The van der Waals surface area contributed by atoms with Gasteiger partial charge in [0.2, 0.25) is 0 Å². The van der Waals surface area contributed by atoms with E-state index in [1.165, 1.54) is 6.33 Å². The number of halogens is 2. The molecule has 0 saturated heterocycles. The SMILES string of the molecule is Cc1cc2c(-c3ccc(NS(=O)(=O)c4ccc(F)c(F)c4)cc3)ncnc2[nH]1. The zero-order valence-corrected chi connectivity index (χ0v) is 15.4. The fourth-order valence-corrected chi connectivity index (χ4v) is 3.93. The molecule has 0 aliphatic carbocycles. The third kappa shape index (κ3) is 3.31. The van der Waals surface area contributed by atoms with Crippen LogP contribution in [0.15, 0.2) is 59.8 Å². The Morgan fingerprint density at radius 2 is 1.71 bits per heavy atom. The minimum absolute atomic E-state index is 0.282. The van der Waals surface area contributed by atoms with Gasteiger partial charge in [-0.3, -0.25) is 4.72 Å². The first-order valence-electron chi connectivity index (χ1n) is 8.22. The summed E-state index contributed by atoms with van der Waals surface area (Å²) in [7, 11) is -4.05. The number of benzene rings is 2. The second-order valence-electron chi connectivity index (χ2n) is 6.20. The van der Waals surface area contributed by atoms with Gasteiger partial charge in [0.05, 0.1) is 10.6 Å². The number of nitrogens with zero attached hydrogens (tertiary/aromatic N) is 2. The van der Waals surface area contributed by atoms with E-state index in [0.29, 0.717) is 17.4 Å². The van der Waals surface area contributed by atoms with E-state index in [9.17, 15) is 17.2 Å². The summed E-state index contributed by atoms with van der Waals surface area (Å²) in [6, 6.07) is 10.9. The summed E-state index contributed by atoms with van der Waals surface area (Å²) >= 11 is 0. The van der Waals surface area contributed by atoms with Gasteiger partial charge in [0.15, 0.2) is 11.6 Å². The number of aromatic amines is 1. The smallest absolute Gasteiger partial charge is 0.261 e. The maximum absolute atomic E-state index is 13.3. The Labute approximate surface area is 159 Å². The first kappa shape index (κ1) is 18.1. The molecular weight excluding hydrogens is 386 g/mol. The number of fused-ring (bicyclic) bond motifs is 1. The maximum atomic E-state index is 13.3. The van der Waals surface area contributed by atoms with Gasteiger partial charge in [-0.05, 0) is 43.3 Å². The minimum Gasteiger partial charge on any atom is -0.343 e. The molecule has 28 heavy (non-hydrogen) atoms. The lowest BCUT2D eigenvalue weighted by molar-refractivity contribution is 0.504. The Kier molecular flexibility index (Phi) is 4.31. The van der Waals surface area contributed by atoms with Gasteiger partial charge in [0.25, 0.3) is 10.0 Å². The van der Waals surface area contributed by atoms with Gasteiger partial charge in [-0.25, -0.2) is 27.2 Å². The summed E-state index contributed by atoms with van der Waals surface area (Å²) in [4.78, 5) is 11.3. The predicted molar refractivity (Wildman–Crippen MR) is 101 cm³/mol. The number of aromatic nitrogens is 3. The highest BCUT2D eigenvalue weighted by molar-refractivity contribution is 7.92.